The van der Waals surface area contributed by atoms with Crippen LogP contribution in [0.5, 0.6) is 0 Å². The molecule has 0 spiro atoms. The summed E-state index contributed by atoms with van der Waals surface area (Å²) in [5.41, 5.74) is 1.43. The van der Waals surface area contributed by atoms with Gasteiger partial charge in [-0.15, -0.1) is 0 Å². The number of halogens is 2. The second-order valence-corrected chi connectivity index (χ2v) is 6.78. The third-order valence-electron chi connectivity index (χ3n) is 3.13. The van der Waals surface area contributed by atoms with Crippen molar-refractivity contribution in [3.05, 3.63) is 73.8 Å². The zero-order valence-electron chi connectivity index (χ0n) is 12.5. The first-order valence-corrected chi connectivity index (χ1v) is 8.93. The van der Waals surface area contributed by atoms with Crippen molar-refractivity contribution in [2.45, 2.75) is 5.75 Å². The molecule has 0 atom stereocenters. The number of thioether (sulfide) groups is 1. The standard InChI is InChI=1S/C16H14Cl2N2O3S/c17-14-6-1-11(9-15(14)18)10-24-8-7-19-16(21)12-2-4-13(5-3-12)20(22)23/h1-6,9H,7-8,10H2,(H,19,21). The molecule has 0 aliphatic heterocycles. The molecule has 2 rings (SSSR count). The highest BCUT2D eigenvalue weighted by Crippen LogP contribution is 2.24. The predicted octanol–water partition coefficient (Wildman–Crippen LogP) is 4.56. The lowest BCUT2D eigenvalue weighted by Gasteiger charge is -2.06. The van der Waals surface area contributed by atoms with Gasteiger partial charge in [-0.2, -0.15) is 11.8 Å². The Morgan fingerprint density at radius 1 is 1.12 bits per heavy atom. The number of non-ortho nitro benzene ring substituents is 1. The Hall–Kier alpha value is -1.76. The van der Waals surface area contributed by atoms with Crippen LogP contribution >= 0.6 is 35.0 Å². The van der Waals surface area contributed by atoms with Gasteiger partial charge in [-0.3, -0.25) is 14.9 Å². The molecule has 0 saturated carbocycles. The monoisotopic (exact) mass is 384 g/mol. The number of nitro benzene ring substituents is 1. The highest BCUT2D eigenvalue weighted by atomic mass is 35.5. The van der Waals surface area contributed by atoms with Crippen LogP contribution in [0, 0.1) is 10.1 Å². The minimum absolute atomic E-state index is 0.0382. The summed E-state index contributed by atoms with van der Waals surface area (Å²) >= 11 is 13.5. The maximum Gasteiger partial charge on any atom is 0.269 e. The number of rotatable bonds is 7. The fraction of sp³-hybridized carbons (Fsp3) is 0.188. The molecule has 0 radical (unpaired) electrons. The van der Waals surface area contributed by atoms with Crippen molar-refractivity contribution >= 4 is 46.6 Å². The van der Waals surface area contributed by atoms with E-state index < -0.39 is 4.92 Å². The molecule has 0 aliphatic rings. The Labute approximate surface area is 153 Å². The number of amides is 1. The van der Waals surface area contributed by atoms with Gasteiger partial charge in [0.1, 0.15) is 0 Å². The lowest BCUT2D eigenvalue weighted by molar-refractivity contribution is -0.384. The highest BCUT2D eigenvalue weighted by molar-refractivity contribution is 7.98. The molecule has 0 aromatic heterocycles. The Morgan fingerprint density at radius 2 is 1.83 bits per heavy atom. The molecule has 5 nitrogen and oxygen atoms in total. The van der Waals surface area contributed by atoms with E-state index >= 15 is 0 Å². The Morgan fingerprint density at radius 3 is 2.46 bits per heavy atom. The van der Waals surface area contributed by atoms with E-state index in [1.54, 1.807) is 17.8 Å². The molecule has 1 N–H and O–H groups in total. The van der Waals surface area contributed by atoms with E-state index in [4.69, 9.17) is 23.2 Å². The number of benzene rings is 2. The molecule has 126 valence electrons. The Bertz CT molecular complexity index is 739. The molecular formula is C16H14Cl2N2O3S. The zero-order chi connectivity index (χ0) is 17.5. The second-order valence-electron chi connectivity index (χ2n) is 4.86. The van der Waals surface area contributed by atoms with Crippen molar-refractivity contribution in [1.29, 1.82) is 0 Å². The third-order valence-corrected chi connectivity index (χ3v) is 4.89. The van der Waals surface area contributed by atoms with E-state index in [0.717, 1.165) is 17.1 Å². The van der Waals surface area contributed by atoms with E-state index in [1.807, 2.05) is 12.1 Å². The van der Waals surface area contributed by atoms with Crippen LogP contribution in [-0.2, 0) is 5.75 Å². The molecule has 0 fully saturated rings. The van der Waals surface area contributed by atoms with Crippen LogP contribution in [0.15, 0.2) is 42.5 Å². The second kappa shape index (κ2) is 8.92. The van der Waals surface area contributed by atoms with E-state index in [2.05, 4.69) is 5.32 Å². The van der Waals surface area contributed by atoms with Gasteiger partial charge < -0.3 is 5.32 Å². The van der Waals surface area contributed by atoms with Crippen LogP contribution in [-0.4, -0.2) is 23.1 Å². The van der Waals surface area contributed by atoms with Crippen LogP contribution in [0.1, 0.15) is 15.9 Å². The summed E-state index contributed by atoms with van der Waals surface area (Å²) in [6.07, 6.45) is 0. The van der Waals surface area contributed by atoms with Crippen molar-refractivity contribution in [3.63, 3.8) is 0 Å². The van der Waals surface area contributed by atoms with Gasteiger partial charge in [0.15, 0.2) is 0 Å². The lowest BCUT2D eigenvalue weighted by atomic mass is 10.2. The van der Waals surface area contributed by atoms with E-state index in [9.17, 15) is 14.9 Å². The van der Waals surface area contributed by atoms with Gasteiger partial charge >= 0.3 is 0 Å². The van der Waals surface area contributed by atoms with Gasteiger partial charge in [-0.05, 0) is 29.8 Å². The summed E-state index contributed by atoms with van der Waals surface area (Å²) < 4.78 is 0. The Kier molecular flexibility index (Phi) is 6.90. The summed E-state index contributed by atoms with van der Waals surface area (Å²) in [5, 5.41) is 14.4. The molecule has 0 unspecified atom stereocenters. The van der Waals surface area contributed by atoms with Crippen LogP contribution in [0.3, 0.4) is 0 Å². The fourth-order valence-corrected chi connectivity index (χ4v) is 3.02. The quantitative estimate of drug-likeness (QED) is 0.431. The van der Waals surface area contributed by atoms with Gasteiger partial charge in [0.25, 0.3) is 11.6 Å². The molecule has 0 aliphatic carbocycles. The van der Waals surface area contributed by atoms with E-state index in [-0.39, 0.29) is 11.6 Å². The third kappa shape index (κ3) is 5.40. The smallest absolute Gasteiger partial charge is 0.269 e. The topological polar surface area (TPSA) is 72.2 Å². The van der Waals surface area contributed by atoms with Gasteiger partial charge in [0, 0.05) is 35.7 Å². The molecule has 2 aromatic rings. The van der Waals surface area contributed by atoms with Gasteiger partial charge in [-0.25, -0.2) is 0 Å². The molecule has 1 amide bonds. The molecule has 0 saturated heterocycles. The summed E-state index contributed by atoms with van der Waals surface area (Å²) in [6, 6.07) is 11.0. The average molecular weight is 385 g/mol. The first kappa shape index (κ1) is 18.6. The number of carbonyl (C=O) groups is 1. The summed E-state index contributed by atoms with van der Waals surface area (Å²) in [6.45, 7) is 0.502. The number of hydrogen-bond donors (Lipinski definition) is 1. The fourth-order valence-electron chi connectivity index (χ4n) is 1.89. The van der Waals surface area contributed by atoms with Crippen LogP contribution in [0.4, 0.5) is 5.69 Å². The maximum absolute atomic E-state index is 11.9. The predicted molar refractivity (Wildman–Crippen MR) is 98.1 cm³/mol. The summed E-state index contributed by atoms with van der Waals surface area (Å²) in [7, 11) is 0. The number of nitro groups is 1. The number of hydrogen-bond acceptors (Lipinski definition) is 4. The normalized spacial score (nSPS) is 10.4. The number of carbonyl (C=O) groups excluding carboxylic acids is 1. The lowest BCUT2D eigenvalue weighted by Crippen LogP contribution is -2.25. The molecule has 0 bridgehead atoms. The van der Waals surface area contributed by atoms with Crippen molar-refractivity contribution in [3.8, 4) is 0 Å². The number of nitrogens with zero attached hydrogens (tertiary/aromatic N) is 1. The SMILES string of the molecule is O=C(NCCSCc1ccc(Cl)c(Cl)c1)c1ccc([N+](=O)[O-])cc1. The molecule has 8 heteroatoms. The van der Waals surface area contributed by atoms with Crippen molar-refractivity contribution in [2.75, 3.05) is 12.3 Å². The van der Waals surface area contributed by atoms with Crippen molar-refractivity contribution in [1.82, 2.24) is 5.32 Å². The molecule has 24 heavy (non-hydrogen) atoms. The summed E-state index contributed by atoms with van der Waals surface area (Å²) in [5.74, 6) is 1.25. The van der Waals surface area contributed by atoms with Gasteiger partial charge in [0.05, 0.1) is 15.0 Å². The van der Waals surface area contributed by atoms with Gasteiger partial charge in [-0.1, -0.05) is 29.3 Å². The van der Waals surface area contributed by atoms with Gasteiger partial charge in [0.2, 0.25) is 0 Å². The minimum atomic E-state index is -0.499. The largest absolute Gasteiger partial charge is 0.351 e. The van der Waals surface area contributed by atoms with E-state index in [0.29, 0.717) is 22.2 Å². The zero-order valence-corrected chi connectivity index (χ0v) is 14.8. The highest BCUT2D eigenvalue weighted by Gasteiger charge is 2.08. The Balaban J connectivity index is 1.72. The number of nitrogens with one attached hydrogen (secondary N) is 1. The van der Waals surface area contributed by atoms with Crippen LogP contribution < -0.4 is 5.32 Å². The van der Waals surface area contributed by atoms with Crippen molar-refractivity contribution in [2.24, 2.45) is 0 Å². The summed E-state index contributed by atoms with van der Waals surface area (Å²) in [4.78, 5) is 22.0. The first-order valence-electron chi connectivity index (χ1n) is 7.01. The minimum Gasteiger partial charge on any atom is -0.351 e. The van der Waals surface area contributed by atoms with E-state index in [1.165, 1.54) is 24.3 Å². The van der Waals surface area contributed by atoms with Crippen LogP contribution in [0.25, 0.3) is 0 Å². The first-order chi connectivity index (χ1) is 11.5. The molecular weight excluding hydrogens is 371 g/mol. The maximum atomic E-state index is 11.9. The average Bonchev–Trinajstić information content (AvgIpc) is 2.57. The van der Waals surface area contributed by atoms with Crippen LogP contribution in [0.2, 0.25) is 10.0 Å². The molecule has 2 aromatic carbocycles. The van der Waals surface area contributed by atoms with Crippen molar-refractivity contribution < 1.29 is 9.72 Å². The molecule has 0 heterocycles.